The van der Waals surface area contributed by atoms with E-state index in [-0.39, 0.29) is 0 Å². The fourth-order valence-corrected chi connectivity index (χ4v) is 1.80. The Balaban J connectivity index is 2.32. The molecule has 0 fully saturated rings. The van der Waals surface area contributed by atoms with Gasteiger partial charge in [-0.25, -0.2) is 4.98 Å². The molecule has 0 aliphatic carbocycles. The summed E-state index contributed by atoms with van der Waals surface area (Å²) in [4.78, 5) is 15.4. The topological polar surface area (TPSA) is 71.5 Å². The fourth-order valence-electron chi connectivity index (χ4n) is 1.80. The molecule has 0 saturated carbocycles. The molecule has 0 bridgehead atoms. The first-order valence-electron chi connectivity index (χ1n) is 6.34. The number of benzene rings is 1. The Morgan fingerprint density at radius 3 is 2.80 bits per heavy atom. The molecule has 0 unspecified atom stereocenters. The number of hydrogen-bond donors (Lipinski definition) is 2. The number of methoxy groups -OCH3 is 1. The molecule has 5 nitrogen and oxygen atoms in total. The fraction of sp³-hybridized carbons (Fsp3) is 0.333. The lowest BCUT2D eigenvalue weighted by atomic mass is 9.94. The summed E-state index contributed by atoms with van der Waals surface area (Å²) in [5, 5.41) is 14.2. The molecule has 0 amide bonds. The number of rotatable bonds is 5. The van der Waals surface area contributed by atoms with E-state index in [9.17, 15) is 4.79 Å². The second-order valence-electron chi connectivity index (χ2n) is 5.29. The van der Waals surface area contributed by atoms with Crippen molar-refractivity contribution in [3.8, 4) is 5.75 Å². The number of ether oxygens (including phenoxy) is 1. The lowest BCUT2D eigenvalue weighted by Crippen LogP contribution is -2.32. The minimum absolute atomic E-state index is 0.297. The van der Waals surface area contributed by atoms with E-state index < -0.39 is 11.4 Å². The molecule has 2 rings (SSSR count). The summed E-state index contributed by atoms with van der Waals surface area (Å²) in [6.45, 7) is 3.65. The molecule has 0 saturated heterocycles. The second kappa shape index (κ2) is 5.36. The van der Waals surface area contributed by atoms with E-state index in [0.29, 0.717) is 12.4 Å². The normalized spacial score (nSPS) is 11.3. The molecule has 0 aliphatic heterocycles. The highest BCUT2D eigenvalue weighted by Crippen LogP contribution is 2.26. The molecule has 1 heterocycles. The number of aromatic nitrogens is 1. The Bertz CT molecular complexity index is 638. The number of fused-ring (bicyclic) bond motifs is 1. The van der Waals surface area contributed by atoms with E-state index in [0.717, 1.165) is 16.5 Å². The average Bonchev–Trinajstić information content (AvgIpc) is 2.44. The van der Waals surface area contributed by atoms with E-state index in [2.05, 4.69) is 10.3 Å². The van der Waals surface area contributed by atoms with Gasteiger partial charge in [-0.2, -0.15) is 0 Å². The van der Waals surface area contributed by atoms with Gasteiger partial charge in [-0.1, -0.05) is 6.07 Å². The van der Waals surface area contributed by atoms with Gasteiger partial charge in [-0.3, -0.25) is 4.79 Å². The number of carboxylic acid groups (broad SMARTS) is 1. The molecule has 0 atom stereocenters. The number of hydrogen-bond acceptors (Lipinski definition) is 4. The third-order valence-corrected chi connectivity index (χ3v) is 3.25. The highest BCUT2D eigenvalue weighted by Gasteiger charge is 2.27. The van der Waals surface area contributed by atoms with Crippen LogP contribution in [0.5, 0.6) is 5.75 Å². The number of anilines is 1. The van der Waals surface area contributed by atoms with E-state index in [1.807, 2.05) is 24.3 Å². The number of pyridine rings is 1. The highest BCUT2D eigenvalue weighted by atomic mass is 16.5. The minimum atomic E-state index is -0.858. The number of nitrogens with one attached hydrogen (secondary N) is 1. The standard InChI is InChI=1S/C15H18N2O3/c1-15(2,14(18)19)9-17-13-12-8-11(20-3)5-4-10(12)6-7-16-13/h4-8H,9H2,1-3H3,(H,16,17)(H,18,19). The van der Waals surface area contributed by atoms with Crippen LogP contribution in [0.3, 0.4) is 0 Å². The van der Waals surface area contributed by atoms with E-state index in [1.165, 1.54) is 0 Å². The zero-order valence-electron chi connectivity index (χ0n) is 11.8. The van der Waals surface area contributed by atoms with E-state index in [1.54, 1.807) is 27.2 Å². The second-order valence-corrected chi connectivity index (χ2v) is 5.29. The number of nitrogens with zero attached hydrogens (tertiary/aromatic N) is 1. The summed E-state index contributed by atoms with van der Waals surface area (Å²) in [6, 6.07) is 7.62. The third kappa shape index (κ3) is 2.82. The smallest absolute Gasteiger partial charge is 0.310 e. The van der Waals surface area contributed by atoms with Crippen LogP contribution in [0.15, 0.2) is 30.5 Å². The molecular formula is C15H18N2O3. The zero-order chi connectivity index (χ0) is 14.8. The highest BCUT2D eigenvalue weighted by molar-refractivity contribution is 5.93. The van der Waals surface area contributed by atoms with Crippen molar-refractivity contribution in [2.75, 3.05) is 19.0 Å². The van der Waals surface area contributed by atoms with Crippen molar-refractivity contribution in [3.63, 3.8) is 0 Å². The van der Waals surface area contributed by atoms with Crippen molar-refractivity contribution in [2.24, 2.45) is 5.41 Å². The van der Waals surface area contributed by atoms with Crippen molar-refractivity contribution >= 4 is 22.6 Å². The van der Waals surface area contributed by atoms with E-state index in [4.69, 9.17) is 9.84 Å². The van der Waals surface area contributed by atoms with Gasteiger partial charge in [0, 0.05) is 18.1 Å². The maximum Gasteiger partial charge on any atom is 0.310 e. The predicted octanol–water partition coefficient (Wildman–Crippen LogP) is 2.77. The summed E-state index contributed by atoms with van der Waals surface area (Å²) in [7, 11) is 1.61. The molecule has 106 valence electrons. The number of carbonyl (C=O) groups is 1. The first kappa shape index (κ1) is 14.1. The van der Waals surface area contributed by atoms with Crippen LogP contribution in [0.1, 0.15) is 13.8 Å². The predicted molar refractivity (Wildman–Crippen MR) is 78.2 cm³/mol. The molecule has 0 aliphatic rings. The summed E-state index contributed by atoms with van der Waals surface area (Å²) in [6.07, 6.45) is 1.70. The Kier molecular flexibility index (Phi) is 3.79. The number of carboxylic acids is 1. The van der Waals surface area contributed by atoms with Crippen molar-refractivity contribution in [2.45, 2.75) is 13.8 Å². The third-order valence-electron chi connectivity index (χ3n) is 3.25. The van der Waals surface area contributed by atoms with E-state index >= 15 is 0 Å². The molecule has 0 radical (unpaired) electrons. The maximum atomic E-state index is 11.1. The van der Waals surface area contributed by atoms with Gasteiger partial charge in [0.2, 0.25) is 0 Å². The van der Waals surface area contributed by atoms with Gasteiger partial charge in [0.1, 0.15) is 11.6 Å². The van der Waals surface area contributed by atoms with Crippen molar-refractivity contribution in [1.29, 1.82) is 0 Å². The Labute approximate surface area is 117 Å². The summed E-state index contributed by atoms with van der Waals surface area (Å²) < 4.78 is 5.21. The largest absolute Gasteiger partial charge is 0.497 e. The summed E-state index contributed by atoms with van der Waals surface area (Å²) in [5.74, 6) is 0.560. The van der Waals surface area contributed by atoms with Crippen molar-refractivity contribution < 1.29 is 14.6 Å². The van der Waals surface area contributed by atoms with Gasteiger partial charge in [0.25, 0.3) is 0 Å². The molecule has 2 N–H and O–H groups in total. The quantitative estimate of drug-likeness (QED) is 0.877. The summed E-state index contributed by atoms with van der Waals surface area (Å²) >= 11 is 0. The summed E-state index contributed by atoms with van der Waals surface area (Å²) in [5.41, 5.74) is -0.858. The molecule has 20 heavy (non-hydrogen) atoms. The zero-order valence-corrected chi connectivity index (χ0v) is 11.8. The first-order chi connectivity index (χ1) is 9.44. The molecule has 0 spiro atoms. The number of aliphatic carboxylic acids is 1. The lowest BCUT2D eigenvalue weighted by molar-refractivity contribution is -0.146. The molecule has 1 aromatic heterocycles. The Morgan fingerprint density at radius 1 is 1.40 bits per heavy atom. The molecule has 5 heteroatoms. The van der Waals surface area contributed by atoms with Crippen LogP contribution < -0.4 is 10.1 Å². The monoisotopic (exact) mass is 274 g/mol. The minimum Gasteiger partial charge on any atom is -0.497 e. The van der Waals surface area contributed by atoms with Crippen LogP contribution in [0, 0.1) is 5.41 Å². The van der Waals surface area contributed by atoms with Gasteiger partial charge >= 0.3 is 5.97 Å². The van der Waals surface area contributed by atoms with Crippen LogP contribution >= 0.6 is 0 Å². The van der Waals surface area contributed by atoms with Crippen LogP contribution in [0.25, 0.3) is 10.8 Å². The molecular weight excluding hydrogens is 256 g/mol. The van der Waals surface area contributed by atoms with Crippen molar-refractivity contribution in [1.82, 2.24) is 4.98 Å². The van der Waals surface area contributed by atoms with Gasteiger partial charge in [0.05, 0.1) is 12.5 Å². The van der Waals surface area contributed by atoms with Gasteiger partial charge < -0.3 is 15.2 Å². The van der Waals surface area contributed by atoms with Gasteiger partial charge in [-0.05, 0) is 37.4 Å². The lowest BCUT2D eigenvalue weighted by Gasteiger charge is -2.20. The van der Waals surface area contributed by atoms with Crippen LogP contribution in [0.2, 0.25) is 0 Å². The maximum absolute atomic E-state index is 11.1. The first-order valence-corrected chi connectivity index (χ1v) is 6.34. The van der Waals surface area contributed by atoms with Gasteiger partial charge in [0.15, 0.2) is 0 Å². The van der Waals surface area contributed by atoms with Crippen molar-refractivity contribution in [3.05, 3.63) is 30.5 Å². The van der Waals surface area contributed by atoms with Crippen LogP contribution in [-0.4, -0.2) is 29.7 Å². The Morgan fingerprint density at radius 2 is 2.15 bits per heavy atom. The SMILES string of the molecule is COc1ccc2ccnc(NCC(C)(C)C(=O)O)c2c1. The average molecular weight is 274 g/mol. The molecule has 2 aromatic rings. The van der Waals surface area contributed by atoms with Crippen LogP contribution in [0.4, 0.5) is 5.82 Å². The van der Waals surface area contributed by atoms with Crippen LogP contribution in [-0.2, 0) is 4.79 Å². The molecule has 1 aromatic carbocycles. The van der Waals surface area contributed by atoms with Gasteiger partial charge in [-0.15, -0.1) is 0 Å². The Hall–Kier alpha value is -2.30.